The Bertz CT molecular complexity index is 1160. The first kappa shape index (κ1) is 20.9. The fourth-order valence-corrected chi connectivity index (χ4v) is 4.94. The fraction of sp³-hybridized carbons (Fsp3) is 0.167. The molecule has 7 heteroatoms. The van der Waals surface area contributed by atoms with Crippen LogP contribution in [0, 0.1) is 12.7 Å². The van der Waals surface area contributed by atoms with Gasteiger partial charge in [-0.15, -0.1) is 11.8 Å². The van der Waals surface area contributed by atoms with Crippen LogP contribution < -0.4 is 10.6 Å². The molecular weight excluding hydrogens is 415 g/mol. The molecule has 1 atom stereocenters. The number of hydrogen-bond donors (Lipinski definition) is 2. The van der Waals surface area contributed by atoms with Gasteiger partial charge < -0.3 is 15.7 Å². The predicted molar refractivity (Wildman–Crippen MR) is 120 cm³/mol. The second-order valence-corrected chi connectivity index (χ2v) is 8.72. The van der Waals surface area contributed by atoms with Crippen molar-refractivity contribution in [1.82, 2.24) is 0 Å². The number of anilines is 2. The highest BCUT2D eigenvalue weighted by molar-refractivity contribution is 8.01. The normalized spacial score (nSPS) is 15.6. The summed E-state index contributed by atoms with van der Waals surface area (Å²) in [4.78, 5) is 26.6. The zero-order valence-electron chi connectivity index (χ0n) is 16.8. The number of amides is 1. The van der Waals surface area contributed by atoms with Gasteiger partial charge in [-0.25, -0.2) is 9.18 Å². The van der Waals surface area contributed by atoms with E-state index in [0.29, 0.717) is 29.2 Å². The summed E-state index contributed by atoms with van der Waals surface area (Å²) < 4.78 is 14.7. The number of nitrogens with zero attached hydrogens (tertiary/aromatic N) is 1. The highest BCUT2D eigenvalue weighted by Gasteiger charge is 2.35. The summed E-state index contributed by atoms with van der Waals surface area (Å²) in [7, 11) is 0. The molecule has 0 bridgehead atoms. The van der Waals surface area contributed by atoms with E-state index >= 15 is 0 Å². The minimum absolute atomic E-state index is 0.110. The van der Waals surface area contributed by atoms with Crippen LogP contribution in [0.1, 0.15) is 27.0 Å². The highest BCUT2D eigenvalue weighted by Crippen LogP contribution is 2.42. The maximum absolute atomic E-state index is 14.7. The van der Waals surface area contributed by atoms with Gasteiger partial charge in [0.15, 0.2) is 0 Å². The van der Waals surface area contributed by atoms with Gasteiger partial charge in [0.1, 0.15) is 5.82 Å². The molecule has 0 saturated heterocycles. The molecule has 0 radical (unpaired) electrons. The average Bonchev–Trinajstić information content (AvgIpc) is 2.73. The Morgan fingerprint density at radius 2 is 1.90 bits per heavy atom. The van der Waals surface area contributed by atoms with Crippen molar-refractivity contribution in [2.75, 3.05) is 10.6 Å². The van der Waals surface area contributed by atoms with E-state index in [1.54, 1.807) is 35.2 Å². The summed E-state index contributed by atoms with van der Waals surface area (Å²) in [5.74, 6) is -1.47. The summed E-state index contributed by atoms with van der Waals surface area (Å²) in [6, 6.07) is 16.7. The molecule has 0 fully saturated rings. The van der Waals surface area contributed by atoms with Crippen molar-refractivity contribution < 1.29 is 19.1 Å². The fourth-order valence-electron chi connectivity index (χ4n) is 3.67. The van der Waals surface area contributed by atoms with Gasteiger partial charge in [0.25, 0.3) is 0 Å². The molecule has 1 aliphatic rings. The Hall–Kier alpha value is -3.32. The van der Waals surface area contributed by atoms with E-state index in [1.807, 2.05) is 19.1 Å². The third kappa shape index (κ3) is 4.27. The lowest BCUT2D eigenvalue weighted by Gasteiger charge is -2.34. The number of hydrogen-bond acceptors (Lipinski definition) is 4. The zero-order chi connectivity index (χ0) is 22.1. The SMILES string of the molecule is Cc1cc(N)ccc1CN1C(=O)C(Cc2ccc(C(=O)O)cc2)Sc2c(F)cccc21. The summed E-state index contributed by atoms with van der Waals surface area (Å²) in [5, 5.41) is 8.56. The molecule has 1 amide bonds. The number of benzene rings is 3. The van der Waals surface area contributed by atoms with Crippen LogP contribution in [-0.4, -0.2) is 22.2 Å². The molecule has 158 valence electrons. The number of fused-ring (bicyclic) bond motifs is 1. The monoisotopic (exact) mass is 436 g/mol. The number of aryl methyl sites for hydroxylation is 1. The van der Waals surface area contributed by atoms with Crippen molar-refractivity contribution in [1.29, 1.82) is 0 Å². The molecule has 0 aliphatic carbocycles. The first-order chi connectivity index (χ1) is 14.8. The lowest BCUT2D eigenvalue weighted by Crippen LogP contribution is -2.41. The van der Waals surface area contributed by atoms with Gasteiger partial charge in [0, 0.05) is 5.69 Å². The van der Waals surface area contributed by atoms with E-state index in [-0.39, 0.29) is 17.3 Å². The van der Waals surface area contributed by atoms with Gasteiger partial charge in [-0.1, -0.05) is 24.3 Å². The van der Waals surface area contributed by atoms with Crippen LogP contribution in [-0.2, 0) is 17.8 Å². The number of carbonyl (C=O) groups is 2. The molecule has 5 nitrogen and oxygen atoms in total. The average molecular weight is 437 g/mol. The van der Waals surface area contributed by atoms with Gasteiger partial charge in [0.05, 0.1) is 27.9 Å². The Morgan fingerprint density at radius 1 is 1.16 bits per heavy atom. The second-order valence-electron chi connectivity index (χ2n) is 7.51. The Labute approximate surface area is 183 Å². The molecule has 0 spiro atoms. The molecule has 3 aromatic rings. The lowest BCUT2D eigenvalue weighted by molar-refractivity contribution is -0.118. The first-order valence-corrected chi connectivity index (χ1v) is 10.6. The maximum atomic E-state index is 14.7. The minimum Gasteiger partial charge on any atom is -0.478 e. The predicted octanol–water partition coefficient (Wildman–Crippen LogP) is 4.66. The van der Waals surface area contributed by atoms with Gasteiger partial charge in [-0.3, -0.25) is 4.79 Å². The topological polar surface area (TPSA) is 83.6 Å². The lowest BCUT2D eigenvalue weighted by atomic mass is 10.0. The minimum atomic E-state index is -1.00. The quantitative estimate of drug-likeness (QED) is 0.568. The van der Waals surface area contributed by atoms with Gasteiger partial charge in [0.2, 0.25) is 5.91 Å². The molecule has 0 saturated carbocycles. The molecule has 3 aromatic carbocycles. The largest absolute Gasteiger partial charge is 0.478 e. The smallest absolute Gasteiger partial charge is 0.335 e. The molecule has 1 heterocycles. The van der Waals surface area contributed by atoms with Crippen LogP contribution in [0.15, 0.2) is 65.6 Å². The van der Waals surface area contributed by atoms with Crippen molar-refractivity contribution in [3.8, 4) is 0 Å². The Kier molecular flexibility index (Phi) is 5.69. The van der Waals surface area contributed by atoms with E-state index in [4.69, 9.17) is 10.8 Å². The van der Waals surface area contributed by atoms with Gasteiger partial charge in [-0.2, -0.15) is 0 Å². The Balaban J connectivity index is 1.66. The number of carboxylic acid groups (broad SMARTS) is 1. The first-order valence-electron chi connectivity index (χ1n) is 9.77. The summed E-state index contributed by atoms with van der Waals surface area (Å²) >= 11 is 1.22. The molecule has 3 N–H and O–H groups in total. The number of aromatic carboxylic acids is 1. The van der Waals surface area contributed by atoms with Crippen LogP contribution in [0.4, 0.5) is 15.8 Å². The van der Waals surface area contributed by atoms with Crippen LogP contribution in [0.25, 0.3) is 0 Å². The van der Waals surface area contributed by atoms with E-state index in [9.17, 15) is 14.0 Å². The summed E-state index contributed by atoms with van der Waals surface area (Å²) in [5.41, 5.74) is 9.96. The van der Waals surface area contributed by atoms with E-state index in [0.717, 1.165) is 16.7 Å². The van der Waals surface area contributed by atoms with Gasteiger partial charge in [-0.05, 0) is 66.4 Å². The van der Waals surface area contributed by atoms with Crippen molar-refractivity contribution in [2.45, 2.75) is 30.0 Å². The van der Waals surface area contributed by atoms with Crippen LogP contribution in [0.2, 0.25) is 0 Å². The van der Waals surface area contributed by atoms with E-state index < -0.39 is 11.2 Å². The van der Waals surface area contributed by atoms with Crippen LogP contribution in [0.3, 0.4) is 0 Å². The number of carboxylic acids is 1. The highest BCUT2D eigenvalue weighted by atomic mass is 32.2. The molecule has 0 aromatic heterocycles. The maximum Gasteiger partial charge on any atom is 0.335 e. The third-order valence-electron chi connectivity index (χ3n) is 5.36. The van der Waals surface area contributed by atoms with Crippen molar-refractivity contribution in [3.05, 3.63) is 88.7 Å². The van der Waals surface area contributed by atoms with Crippen LogP contribution in [0.5, 0.6) is 0 Å². The standard InChI is InChI=1S/C24H21FN2O3S/c1-14-11-18(26)10-9-17(14)13-27-20-4-2-3-19(25)22(20)31-21(23(27)28)12-15-5-7-16(8-6-15)24(29)30/h2-11,21H,12-13,26H2,1H3,(H,29,30). The number of halogens is 1. The number of nitrogen functional groups attached to an aromatic ring is 1. The van der Waals surface area contributed by atoms with Crippen molar-refractivity contribution in [3.63, 3.8) is 0 Å². The molecular formula is C24H21FN2O3S. The zero-order valence-corrected chi connectivity index (χ0v) is 17.7. The van der Waals surface area contributed by atoms with Gasteiger partial charge >= 0.3 is 5.97 Å². The molecule has 31 heavy (non-hydrogen) atoms. The molecule has 1 unspecified atom stereocenters. The van der Waals surface area contributed by atoms with Crippen molar-refractivity contribution in [2.24, 2.45) is 0 Å². The van der Waals surface area contributed by atoms with Crippen LogP contribution >= 0.6 is 11.8 Å². The van der Waals surface area contributed by atoms with E-state index in [1.165, 1.54) is 30.0 Å². The third-order valence-corrected chi connectivity index (χ3v) is 6.65. The Morgan fingerprint density at radius 3 is 2.58 bits per heavy atom. The number of nitrogens with two attached hydrogens (primary N) is 1. The number of carbonyl (C=O) groups excluding carboxylic acids is 1. The molecule has 4 rings (SSSR count). The summed E-state index contributed by atoms with van der Waals surface area (Å²) in [6.45, 7) is 2.25. The van der Waals surface area contributed by atoms with E-state index in [2.05, 4.69) is 0 Å². The molecule has 1 aliphatic heterocycles. The number of rotatable bonds is 5. The number of thioether (sulfide) groups is 1. The van der Waals surface area contributed by atoms with Crippen molar-refractivity contribution >= 4 is 35.0 Å². The summed E-state index contributed by atoms with van der Waals surface area (Å²) in [6.07, 6.45) is 0.369. The second kappa shape index (κ2) is 8.43.